The fourth-order valence-electron chi connectivity index (χ4n) is 4.02. The molecule has 3 aromatic rings. The number of nitrogens with zero attached hydrogens (tertiary/aromatic N) is 2. The van der Waals surface area contributed by atoms with Crippen LogP contribution < -0.4 is 4.90 Å². The Labute approximate surface area is 188 Å². The van der Waals surface area contributed by atoms with Crippen molar-refractivity contribution in [2.45, 2.75) is 54.7 Å². The van der Waals surface area contributed by atoms with Gasteiger partial charge in [0, 0.05) is 21.6 Å². The van der Waals surface area contributed by atoms with Crippen molar-refractivity contribution in [1.29, 1.82) is 0 Å². The topological polar surface area (TPSA) is 73.3 Å². The number of aromatic nitrogens is 1. The molecule has 7 heteroatoms. The molecular formula is C24H25N2O3S2-. The molecule has 4 rings (SSSR count). The summed E-state index contributed by atoms with van der Waals surface area (Å²) in [5, 5.41) is -1.17. The smallest absolute Gasteiger partial charge is 0.124 e. The molecule has 0 radical (unpaired) electrons. The van der Waals surface area contributed by atoms with Crippen LogP contribution in [0.1, 0.15) is 38.7 Å². The Morgan fingerprint density at radius 3 is 2.55 bits per heavy atom. The summed E-state index contributed by atoms with van der Waals surface area (Å²) in [6.45, 7) is 3.89. The molecule has 0 amide bonds. The summed E-state index contributed by atoms with van der Waals surface area (Å²) in [7, 11) is -4.55. The normalized spacial score (nSPS) is 14.1. The van der Waals surface area contributed by atoms with E-state index in [9.17, 15) is 13.0 Å². The molecule has 0 N–H and O–H groups in total. The lowest BCUT2D eigenvalue weighted by Crippen LogP contribution is -2.38. The second kappa shape index (κ2) is 9.02. The Hall–Kier alpha value is -2.35. The number of rotatable bonds is 7. The van der Waals surface area contributed by atoms with E-state index in [1.165, 1.54) is 5.56 Å². The number of aryl methyl sites for hydroxylation is 1. The van der Waals surface area contributed by atoms with Crippen LogP contribution in [-0.4, -0.2) is 23.3 Å². The van der Waals surface area contributed by atoms with E-state index in [1.807, 2.05) is 48.5 Å². The SMILES string of the molecule is CCCCc1cccnc1-c1ccc2c(c1)N(C(CC)S(=O)(=O)[O-])c1ccccc1S2. The van der Waals surface area contributed by atoms with Gasteiger partial charge in [-0.1, -0.05) is 56.3 Å². The Morgan fingerprint density at radius 2 is 1.81 bits per heavy atom. The Kier molecular flexibility index (Phi) is 6.36. The number of unbranched alkanes of at least 4 members (excludes halogenated alkanes) is 1. The summed E-state index contributed by atoms with van der Waals surface area (Å²) >= 11 is 1.59. The number of para-hydroxylation sites is 1. The van der Waals surface area contributed by atoms with Crippen molar-refractivity contribution < 1.29 is 13.0 Å². The third-order valence-corrected chi connectivity index (χ3v) is 7.84. The zero-order valence-corrected chi connectivity index (χ0v) is 19.2. The number of hydrogen-bond acceptors (Lipinski definition) is 6. The summed E-state index contributed by atoms with van der Waals surface area (Å²) < 4.78 is 36.6. The van der Waals surface area contributed by atoms with Gasteiger partial charge in [0.2, 0.25) is 0 Å². The minimum Gasteiger partial charge on any atom is -0.746 e. The van der Waals surface area contributed by atoms with Gasteiger partial charge in [-0.2, -0.15) is 0 Å². The molecular weight excluding hydrogens is 428 g/mol. The Bertz CT molecular complexity index is 1190. The van der Waals surface area contributed by atoms with Crippen LogP contribution in [0.2, 0.25) is 0 Å². The van der Waals surface area contributed by atoms with Gasteiger partial charge in [0.25, 0.3) is 0 Å². The minimum atomic E-state index is -4.55. The van der Waals surface area contributed by atoms with Gasteiger partial charge >= 0.3 is 0 Å². The molecule has 0 saturated heterocycles. The van der Waals surface area contributed by atoms with Crippen molar-refractivity contribution >= 4 is 33.3 Å². The molecule has 1 unspecified atom stereocenters. The average Bonchev–Trinajstić information content (AvgIpc) is 2.76. The maximum absolute atomic E-state index is 12.2. The number of pyridine rings is 1. The van der Waals surface area contributed by atoms with Crippen LogP contribution in [0.4, 0.5) is 11.4 Å². The molecule has 2 aromatic carbocycles. The molecule has 1 aliphatic heterocycles. The van der Waals surface area contributed by atoms with E-state index in [0.29, 0.717) is 0 Å². The molecule has 1 atom stereocenters. The summed E-state index contributed by atoms with van der Waals surface area (Å²) in [5.74, 6) is 0. The van der Waals surface area contributed by atoms with E-state index in [-0.39, 0.29) is 6.42 Å². The fraction of sp³-hybridized carbons (Fsp3) is 0.292. The van der Waals surface area contributed by atoms with Crippen LogP contribution in [-0.2, 0) is 16.5 Å². The predicted octanol–water partition coefficient (Wildman–Crippen LogP) is 5.98. The number of benzene rings is 2. The maximum atomic E-state index is 12.2. The maximum Gasteiger partial charge on any atom is 0.124 e. The third-order valence-electron chi connectivity index (χ3n) is 5.50. The predicted molar refractivity (Wildman–Crippen MR) is 125 cm³/mol. The van der Waals surface area contributed by atoms with Crippen molar-refractivity contribution in [2.75, 3.05) is 4.90 Å². The zero-order chi connectivity index (χ0) is 22.0. The van der Waals surface area contributed by atoms with Crippen molar-refractivity contribution in [2.24, 2.45) is 0 Å². The summed E-state index contributed by atoms with van der Waals surface area (Å²) in [5.41, 5.74) is 4.48. The third kappa shape index (κ3) is 4.35. The van der Waals surface area contributed by atoms with E-state index in [0.717, 1.165) is 51.7 Å². The van der Waals surface area contributed by atoms with Gasteiger partial charge in [-0.05, 0) is 55.2 Å². The molecule has 0 spiro atoms. The van der Waals surface area contributed by atoms with Crippen molar-refractivity contribution in [1.82, 2.24) is 4.98 Å². The molecule has 0 aliphatic carbocycles. The van der Waals surface area contributed by atoms with Crippen molar-refractivity contribution in [3.8, 4) is 11.3 Å². The fourth-order valence-corrected chi connectivity index (χ4v) is 5.97. The molecule has 0 fully saturated rings. The van der Waals surface area contributed by atoms with E-state index >= 15 is 0 Å². The number of fused-ring (bicyclic) bond motifs is 2. The Balaban J connectivity index is 1.88. The highest BCUT2D eigenvalue weighted by Gasteiger charge is 2.32. The number of anilines is 2. The lowest BCUT2D eigenvalue weighted by molar-refractivity contribution is 0.445. The van der Waals surface area contributed by atoms with Crippen LogP contribution in [0, 0.1) is 0 Å². The monoisotopic (exact) mass is 453 g/mol. The molecule has 5 nitrogen and oxygen atoms in total. The summed E-state index contributed by atoms with van der Waals surface area (Å²) in [6.07, 6.45) is 5.08. The highest BCUT2D eigenvalue weighted by Crippen LogP contribution is 2.50. The summed E-state index contributed by atoms with van der Waals surface area (Å²) in [6, 6.07) is 17.7. The molecule has 1 aliphatic rings. The van der Waals surface area contributed by atoms with Gasteiger partial charge in [0.05, 0.1) is 17.1 Å². The van der Waals surface area contributed by atoms with E-state index in [2.05, 4.69) is 18.0 Å². The van der Waals surface area contributed by atoms with Gasteiger partial charge in [-0.3, -0.25) is 4.98 Å². The lowest BCUT2D eigenvalue weighted by Gasteiger charge is -2.39. The van der Waals surface area contributed by atoms with Gasteiger partial charge < -0.3 is 9.45 Å². The quantitative estimate of drug-likeness (QED) is 0.410. The molecule has 0 bridgehead atoms. The van der Waals surface area contributed by atoms with Gasteiger partial charge in [0.15, 0.2) is 0 Å². The molecule has 0 saturated carbocycles. The first-order valence-electron chi connectivity index (χ1n) is 10.5. The lowest BCUT2D eigenvalue weighted by atomic mass is 10.0. The zero-order valence-electron chi connectivity index (χ0n) is 17.6. The van der Waals surface area contributed by atoms with E-state index < -0.39 is 15.5 Å². The van der Waals surface area contributed by atoms with Crippen LogP contribution in [0.25, 0.3) is 11.3 Å². The first-order valence-corrected chi connectivity index (χ1v) is 12.8. The largest absolute Gasteiger partial charge is 0.746 e. The van der Waals surface area contributed by atoms with Crippen LogP contribution in [0.5, 0.6) is 0 Å². The number of hydrogen-bond donors (Lipinski definition) is 0. The first-order chi connectivity index (χ1) is 14.9. The molecule has 31 heavy (non-hydrogen) atoms. The van der Waals surface area contributed by atoms with Gasteiger partial charge in [0.1, 0.15) is 15.5 Å². The van der Waals surface area contributed by atoms with Crippen LogP contribution in [0.3, 0.4) is 0 Å². The average molecular weight is 454 g/mol. The summed E-state index contributed by atoms with van der Waals surface area (Å²) in [4.78, 5) is 8.19. The van der Waals surface area contributed by atoms with Crippen LogP contribution >= 0.6 is 11.8 Å². The van der Waals surface area contributed by atoms with Crippen molar-refractivity contribution in [3.05, 3.63) is 66.4 Å². The first kappa shape index (κ1) is 21.9. The highest BCUT2D eigenvalue weighted by molar-refractivity contribution is 7.99. The minimum absolute atomic E-state index is 0.194. The van der Waals surface area contributed by atoms with E-state index in [4.69, 9.17) is 0 Å². The Morgan fingerprint density at radius 1 is 1.03 bits per heavy atom. The molecule has 162 valence electrons. The molecule has 1 aromatic heterocycles. The van der Waals surface area contributed by atoms with Gasteiger partial charge in [-0.15, -0.1) is 0 Å². The highest BCUT2D eigenvalue weighted by atomic mass is 32.2. The standard InChI is InChI=1S/C24H26N2O3S2/c1-3-5-9-17-10-8-15-25-24(17)18-13-14-22-20(16-18)26(23(4-2)31(27,28)29)19-11-6-7-12-21(19)30-22/h6-8,10-16,23H,3-5,9H2,1-2H3,(H,27,28,29)/p-1. The van der Waals surface area contributed by atoms with Gasteiger partial charge in [-0.25, -0.2) is 8.42 Å². The van der Waals surface area contributed by atoms with Crippen LogP contribution in [0.15, 0.2) is 70.6 Å². The van der Waals surface area contributed by atoms with Crippen molar-refractivity contribution in [3.63, 3.8) is 0 Å². The van der Waals surface area contributed by atoms with E-state index in [1.54, 1.807) is 29.8 Å². The molecule has 2 heterocycles. The second-order valence-electron chi connectivity index (χ2n) is 7.59. The second-order valence-corrected chi connectivity index (χ2v) is 10.2.